The van der Waals surface area contributed by atoms with Crippen molar-refractivity contribution in [3.05, 3.63) is 0 Å². The summed E-state index contributed by atoms with van der Waals surface area (Å²) in [7, 11) is 0. The predicted molar refractivity (Wildman–Crippen MR) is 73.4 cm³/mol. The quantitative estimate of drug-likeness (QED) is 0.569. The first-order valence-corrected chi connectivity index (χ1v) is 7.61. The molecule has 1 aliphatic carbocycles. The summed E-state index contributed by atoms with van der Waals surface area (Å²) in [5, 5.41) is 3.08. The van der Waals surface area contributed by atoms with E-state index in [9.17, 15) is 4.79 Å². The molecule has 17 heavy (non-hydrogen) atoms. The largest absolute Gasteiger partial charge is 0.354 e. The van der Waals surface area contributed by atoms with Gasteiger partial charge in [0, 0.05) is 18.3 Å². The summed E-state index contributed by atoms with van der Waals surface area (Å²) in [5.74, 6) is 1.54. The summed E-state index contributed by atoms with van der Waals surface area (Å²) < 4.78 is 0. The lowest BCUT2D eigenvalue weighted by Crippen LogP contribution is -2.33. The van der Waals surface area contributed by atoms with Crippen LogP contribution in [0.4, 0.5) is 0 Å². The van der Waals surface area contributed by atoms with E-state index < -0.39 is 0 Å². The molecule has 0 radical (unpaired) electrons. The molecule has 1 unspecified atom stereocenters. The van der Waals surface area contributed by atoms with Gasteiger partial charge < -0.3 is 5.32 Å². The maximum atomic E-state index is 11.9. The van der Waals surface area contributed by atoms with Gasteiger partial charge in [0.25, 0.3) is 0 Å². The second-order valence-electron chi connectivity index (χ2n) is 5.36. The van der Waals surface area contributed by atoms with Crippen LogP contribution in [0.25, 0.3) is 0 Å². The number of rotatable bonds is 6. The lowest BCUT2D eigenvalue weighted by molar-refractivity contribution is -0.122. The van der Waals surface area contributed by atoms with Crippen molar-refractivity contribution in [2.24, 2.45) is 5.92 Å². The van der Waals surface area contributed by atoms with E-state index in [-0.39, 0.29) is 11.9 Å². The van der Waals surface area contributed by atoms with Crippen LogP contribution in [0, 0.1) is 5.92 Å². The molecule has 0 aromatic heterocycles. The number of hydrogen-bond donors (Lipinski definition) is 1. The Kier molecular flexibility index (Phi) is 7.67. The number of alkyl halides is 1. The van der Waals surface area contributed by atoms with Gasteiger partial charge in [0.15, 0.2) is 0 Å². The van der Waals surface area contributed by atoms with Crippen LogP contribution < -0.4 is 5.32 Å². The smallest absolute Gasteiger partial charge is 0.220 e. The average Bonchev–Trinajstić information content (AvgIpc) is 2.54. The van der Waals surface area contributed by atoms with E-state index in [1.807, 2.05) is 0 Å². The Bertz CT molecular complexity index is 212. The van der Waals surface area contributed by atoms with Gasteiger partial charge >= 0.3 is 0 Å². The minimum atomic E-state index is 0.235. The first-order valence-electron chi connectivity index (χ1n) is 7.07. The van der Waals surface area contributed by atoms with Crippen molar-refractivity contribution in [3.63, 3.8) is 0 Å². The molecule has 0 bridgehead atoms. The van der Waals surface area contributed by atoms with Crippen LogP contribution in [0.15, 0.2) is 0 Å². The summed E-state index contributed by atoms with van der Waals surface area (Å²) >= 11 is 5.64. The molecular weight excluding hydrogens is 234 g/mol. The minimum Gasteiger partial charge on any atom is -0.354 e. The van der Waals surface area contributed by atoms with Crippen molar-refractivity contribution in [2.75, 3.05) is 5.88 Å². The molecule has 0 saturated heterocycles. The topological polar surface area (TPSA) is 29.1 Å². The fourth-order valence-electron chi connectivity index (χ4n) is 2.62. The first kappa shape index (κ1) is 14.8. The molecule has 3 heteroatoms. The molecule has 0 aromatic rings. The summed E-state index contributed by atoms with van der Waals surface area (Å²) in [4.78, 5) is 11.9. The monoisotopic (exact) mass is 259 g/mol. The molecule has 2 nitrogen and oxygen atoms in total. The molecule has 0 heterocycles. The van der Waals surface area contributed by atoms with E-state index in [1.54, 1.807) is 0 Å². The number of carbonyl (C=O) groups excluding carboxylic acids is 1. The van der Waals surface area contributed by atoms with Crippen molar-refractivity contribution in [2.45, 2.75) is 70.8 Å². The number of carbonyl (C=O) groups is 1. The molecule has 0 spiro atoms. The summed E-state index contributed by atoms with van der Waals surface area (Å²) in [6.07, 6.45) is 10.5. The van der Waals surface area contributed by atoms with E-state index in [4.69, 9.17) is 11.6 Å². The molecule has 100 valence electrons. The van der Waals surface area contributed by atoms with Crippen molar-refractivity contribution in [3.8, 4) is 0 Å². The Morgan fingerprint density at radius 3 is 2.53 bits per heavy atom. The van der Waals surface area contributed by atoms with E-state index in [0.717, 1.165) is 19.3 Å². The standard InChI is InChI=1S/C14H26ClNO/c1-12(7-6-10-15)16-14(17)11-13-8-4-2-3-5-9-13/h12-13H,2-11H2,1H3,(H,16,17). The Hall–Kier alpha value is -0.240. The second-order valence-corrected chi connectivity index (χ2v) is 5.74. The molecule has 0 aliphatic heterocycles. The molecule has 1 saturated carbocycles. The SMILES string of the molecule is CC(CCCCl)NC(=O)CC1CCCCCC1. The third-order valence-corrected chi connectivity index (χ3v) is 3.89. The lowest BCUT2D eigenvalue weighted by Gasteiger charge is -2.17. The van der Waals surface area contributed by atoms with Crippen LogP contribution in [0.3, 0.4) is 0 Å². The zero-order valence-electron chi connectivity index (χ0n) is 11.0. The van der Waals surface area contributed by atoms with Crippen LogP contribution in [0.1, 0.15) is 64.7 Å². The Labute approximate surface area is 110 Å². The zero-order chi connectivity index (χ0) is 12.5. The highest BCUT2D eigenvalue weighted by Crippen LogP contribution is 2.25. The summed E-state index contributed by atoms with van der Waals surface area (Å²) in [5.41, 5.74) is 0. The van der Waals surface area contributed by atoms with Gasteiger partial charge in [-0.3, -0.25) is 4.79 Å². The van der Waals surface area contributed by atoms with E-state index in [0.29, 0.717) is 11.8 Å². The summed E-state index contributed by atoms with van der Waals surface area (Å²) in [6.45, 7) is 2.07. The highest BCUT2D eigenvalue weighted by Gasteiger charge is 2.16. The van der Waals surface area contributed by atoms with Gasteiger partial charge in [0.1, 0.15) is 0 Å². The van der Waals surface area contributed by atoms with Crippen LogP contribution >= 0.6 is 11.6 Å². The molecule has 1 fully saturated rings. The normalized spacial score (nSPS) is 19.6. The van der Waals surface area contributed by atoms with Gasteiger partial charge in [0.2, 0.25) is 5.91 Å². The highest BCUT2D eigenvalue weighted by molar-refractivity contribution is 6.17. The minimum absolute atomic E-state index is 0.235. The van der Waals surface area contributed by atoms with Gasteiger partial charge in [-0.1, -0.05) is 25.7 Å². The molecule has 1 amide bonds. The van der Waals surface area contributed by atoms with E-state index in [2.05, 4.69) is 12.2 Å². The van der Waals surface area contributed by atoms with Crippen LogP contribution in [-0.4, -0.2) is 17.8 Å². The van der Waals surface area contributed by atoms with E-state index >= 15 is 0 Å². The van der Waals surface area contributed by atoms with E-state index in [1.165, 1.54) is 38.5 Å². The number of halogens is 1. The highest BCUT2D eigenvalue weighted by atomic mass is 35.5. The zero-order valence-corrected chi connectivity index (χ0v) is 11.8. The fraction of sp³-hybridized carbons (Fsp3) is 0.929. The molecule has 1 N–H and O–H groups in total. The number of amides is 1. The number of hydrogen-bond acceptors (Lipinski definition) is 1. The van der Waals surface area contributed by atoms with Gasteiger partial charge in [-0.2, -0.15) is 0 Å². The molecule has 1 rings (SSSR count). The fourth-order valence-corrected chi connectivity index (χ4v) is 2.77. The van der Waals surface area contributed by atoms with Gasteiger partial charge in [0.05, 0.1) is 0 Å². The van der Waals surface area contributed by atoms with Crippen molar-refractivity contribution < 1.29 is 4.79 Å². The van der Waals surface area contributed by atoms with Crippen molar-refractivity contribution in [1.82, 2.24) is 5.32 Å². The van der Waals surface area contributed by atoms with Crippen molar-refractivity contribution in [1.29, 1.82) is 0 Å². The molecule has 1 aliphatic rings. The predicted octanol–water partition coefficient (Wildman–Crippen LogP) is 3.87. The Morgan fingerprint density at radius 1 is 1.29 bits per heavy atom. The molecule has 0 aromatic carbocycles. The average molecular weight is 260 g/mol. The van der Waals surface area contributed by atoms with Crippen LogP contribution in [0.2, 0.25) is 0 Å². The second kappa shape index (κ2) is 8.79. The number of nitrogens with one attached hydrogen (secondary N) is 1. The molecular formula is C14H26ClNO. The Balaban J connectivity index is 2.18. The van der Waals surface area contributed by atoms with Gasteiger partial charge in [-0.25, -0.2) is 0 Å². The van der Waals surface area contributed by atoms with Crippen LogP contribution in [-0.2, 0) is 4.79 Å². The molecule has 1 atom stereocenters. The summed E-state index contributed by atoms with van der Waals surface area (Å²) in [6, 6.07) is 0.270. The lowest BCUT2D eigenvalue weighted by atomic mass is 9.96. The Morgan fingerprint density at radius 2 is 1.94 bits per heavy atom. The van der Waals surface area contributed by atoms with Gasteiger partial charge in [-0.15, -0.1) is 11.6 Å². The maximum Gasteiger partial charge on any atom is 0.220 e. The van der Waals surface area contributed by atoms with Gasteiger partial charge in [-0.05, 0) is 38.5 Å². The van der Waals surface area contributed by atoms with Crippen LogP contribution in [0.5, 0.6) is 0 Å². The third-order valence-electron chi connectivity index (χ3n) is 3.63. The maximum absolute atomic E-state index is 11.9. The first-order chi connectivity index (χ1) is 8.22. The third kappa shape index (κ3) is 6.92. The van der Waals surface area contributed by atoms with Crippen molar-refractivity contribution >= 4 is 17.5 Å².